The molecule has 0 bridgehead atoms. The van der Waals surface area contributed by atoms with Gasteiger partial charge < -0.3 is 9.84 Å². The third kappa shape index (κ3) is 1.55. The molecule has 2 aliphatic rings. The maximum Gasteiger partial charge on any atom is 0.123 e. The zero-order valence-electron chi connectivity index (χ0n) is 12.2. The van der Waals surface area contributed by atoms with Gasteiger partial charge in [-0.15, -0.1) is 0 Å². The van der Waals surface area contributed by atoms with Gasteiger partial charge in [0, 0.05) is 11.8 Å². The highest BCUT2D eigenvalue weighted by molar-refractivity contribution is 6.03. The number of fused-ring (bicyclic) bond motifs is 6. The molecule has 0 radical (unpaired) electrons. The second-order valence-electron chi connectivity index (χ2n) is 6.19. The summed E-state index contributed by atoms with van der Waals surface area (Å²) in [5.74, 6) is 1.29. The van der Waals surface area contributed by atoms with E-state index < -0.39 is 0 Å². The molecule has 1 N–H and O–H groups in total. The standard InChI is InChI=1S/C20H16O2/c21-18-10-14-6-5-12-3-1-2-4-15(12)20(14)17-9-13-7-8-22-19(13)11-16(17)18/h1-4,9-11,21H,5-8H2. The molecule has 0 saturated heterocycles. The highest BCUT2D eigenvalue weighted by Crippen LogP contribution is 2.44. The SMILES string of the molecule is Oc1cc2c(c3cc4c(cc13)OCC4)-c1ccccc1CC2. The van der Waals surface area contributed by atoms with Crippen LogP contribution in [-0.2, 0) is 19.3 Å². The Bertz CT molecular complexity index is 925. The minimum atomic E-state index is 0.367. The molecule has 0 aromatic heterocycles. The average Bonchev–Trinajstić information content (AvgIpc) is 3.00. The third-order valence-corrected chi connectivity index (χ3v) is 4.96. The number of phenols is 1. The Morgan fingerprint density at radius 1 is 0.818 bits per heavy atom. The summed E-state index contributed by atoms with van der Waals surface area (Å²) >= 11 is 0. The molecule has 0 fully saturated rings. The highest BCUT2D eigenvalue weighted by atomic mass is 16.5. The minimum absolute atomic E-state index is 0.367. The number of benzene rings is 3. The van der Waals surface area contributed by atoms with Crippen LogP contribution in [0.3, 0.4) is 0 Å². The molecule has 22 heavy (non-hydrogen) atoms. The van der Waals surface area contributed by atoms with Crippen molar-refractivity contribution in [2.75, 3.05) is 6.61 Å². The first-order valence-corrected chi connectivity index (χ1v) is 7.84. The van der Waals surface area contributed by atoms with E-state index in [0.717, 1.165) is 42.4 Å². The van der Waals surface area contributed by atoms with Crippen LogP contribution in [0.4, 0.5) is 0 Å². The first-order valence-electron chi connectivity index (χ1n) is 7.84. The number of aryl methyl sites for hydroxylation is 2. The van der Waals surface area contributed by atoms with Crippen LogP contribution in [0.2, 0.25) is 0 Å². The van der Waals surface area contributed by atoms with Crippen molar-refractivity contribution in [3.05, 3.63) is 59.2 Å². The molecule has 3 aromatic carbocycles. The van der Waals surface area contributed by atoms with Gasteiger partial charge in [-0.05, 0) is 64.2 Å². The van der Waals surface area contributed by atoms with E-state index in [1.807, 2.05) is 12.1 Å². The number of hydrogen-bond donors (Lipinski definition) is 1. The van der Waals surface area contributed by atoms with Crippen LogP contribution in [0.25, 0.3) is 21.9 Å². The summed E-state index contributed by atoms with van der Waals surface area (Å²) in [4.78, 5) is 0. The minimum Gasteiger partial charge on any atom is -0.507 e. The quantitative estimate of drug-likeness (QED) is 0.670. The second-order valence-corrected chi connectivity index (χ2v) is 6.19. The summed E-state index contributed by atoms with van der Waals surface area (Å²) in [7, 11) is 0. The van der Waals surface area contributed by atoms with Crippen LogP contribution < -0.4 is 4.74 Å². The molecule has 2 heteroatoms. The summed E-state index contributed by atoms with van der Waals surface area (Å²) in [6.45, 7) is 0.741. The lowest BCUT2D eigenvalue weighted by Crippen LogP contribution is -2.04. The van der Waals surface area contributed by atoms with Crippen molar-refractivity contribution in [1.82, 2.24) is 0 Å². The average molecular weight is 288 g/mol. The van der Waals surface area contributed by atoms with Crippen LogP contribution in [0, 0.1) is 0 Å². The monoisotopic (exact) mass is 288 g/mol. The molecule has 3 aromatic rings. The van der Waals surface area contributed by atoms with E-state index in [2.05, 4.69) is 30.3 Å². The summed E-state index contributed by atoms with van der Waals surface area (Å²) in [5, 5.41) is 12.5. The number of hydrogen-bond acceptors (Lipinski definition) is 2. The topological polar surface area (TPSA) is 29.5 Å². The van der Waals surface area contributed by atoms with Crippen molar-refractivity contribution >= 4 is 10.8 Å². The first kappa shape index (κ1) is 12.1. The maximum absolute atomic E-state index is 10.5. The lowest BCUT2D eigenvalue weighted by atomic mass is 9.82. The lowest BCUT2D eigenvalue weighted by molar-refractivity contribution is 0.357. The molecule has 0 spiro atoms. The van der Waals surface area contributed by atoms with E-state index in [9.17, 15) is 5.11 Å². The molecule has 108 valence electrons. The summed E-state index contributed by atoms with van der Waals surface area (Å²) in [5.41, 5.74) is 6.52. The van der Waals surface area contributed by atoms with E-state index in [1.54, 1.807) is 0 Å². The van der Waals surface area contributed by atoms with Gasteiger partial charge in [-0.1, -0.05) is 24.3 Å². The van der Waals surface area contributed by atoms with Crippen LogP contribution in [0.15, 0.2) is 42.5 Å². The summed E-state index contributed by atoms with van der Waals surface area (Å²) < 4.78 is 5.66. The molecule has 1 heterocycles. The van der Waals surface area contributed by atoms with Gasteiger partial charge in [0.05, 0.1) is 6.61 Å². The van der Waals surface area contributed by atoms with E-state index in [1.165, 1.54) is 27.8 Å². The van der Waals surface area contributed by atoms with Crippen LogP contribution in [0.1, 0.15) is 16.7 Å². The molecule has 0 atom stereocenters. The van der Waals surface area contributed by atoms with Gasteiger partial charge in [0.1, 0.15) is 11.5 Å². The molecule has 2 nitrogen and oxygen atoms in total. The normalized spacial score (nSPS) is 15.1. The Labute approximate surface area is 129 Å². The molecule has 1 aliphatic carbocycles. The van der Waals surface area contributed by atoms with E-state index >= 15 is 0 Å². The second kappa shape index (κ2) is 4.26. The molecule has 5 rings (SSSR count). The Balaban J connectivity index is 1.92. The fraction of sp³-hybridized carbons (Fsp3) is 0.200. The van der Waals surface area contributed by atoms with Gasteiger partial charge in [0.25, 0.3) is 0 Å². The van der Waals surface area contributed by atoms with Crippen LogP contribution in [-0.4, -0.2) is 11.7 Å². The zero-order valence-corrected chi connectivity index (χ0v) is 12.2. The molecule has 0 amide bonds. The van der Waals surface area contributed by atoms with Gasteiger partial charge >= 0.3 is 0 Å². The van der Waals surface area contributed by atoms with Crippen LogP contribution in [0.5, 0.6) is 11.5 Å². The van der Waals surface area contributed by atoms with Crippen LogP contribution >= 0.6 is 0 Å². The van der Waals surface area contributed by atoms with Crippen molar-refractivity contribution in [3.8, 4) is 22.6 Å². The fourth-order valence-corrected chi connectivity index (χ4v) is 3.90. The predicted octanol–water partition coefficient (Wildman–Crippen LogP) is 4.25. The molecular formula is C20H16O2. The highest BCUT2D eigenvalue weighted by Gasteiger charge is 2.22. The van der Waals surface area contributed by atoms with Gasteiger partial charge in [0.15, 0.2) is 0 Å². The van der Waals surface area contributed by atoms with Gasteiger partial charge in [-0.3, -0.25) is 0 Å². The summed E-state index contributed by atoms with van der Waals surface area (Å²) in [6.07, 6.45) is 2.99. The Morgan fingerprint density at radius 2 is 1.68 bits per heavy atom. The van der Waals surface area contributed by atoms with Crippen molar-refractivity contribution in [1.29, 1.82) is 0 Å². The smallest absolute Gasteiger partial charge is 0.123 e. The molecule has 0 saturated carbocycles. The summed E-state index contributed by atoms with van der Waals surface area (Å²) in [6, 6.07) is 14.8. The zero-order chi connectivity index (χ0) is 14.7. The van der Waals surface area contributed by atoms with Crippen molar-refractivity contribution in [2.45, 2.75) is 19.3 Å². The van der Waals surface area contributed by atoms with E-state index in [4.69, 9.17) is 4.74 Å². The van der Waals surface area contributed by atoms with Crippen molar-refractivity contribution in [2.24, 2.45) is 0 Å². The Morgan fingerprint density at radius 3 is 2.64 bits per heavy atom. The van der Waals surface area contributed by atoms with Gasteiger partial charge in [-0.2, -0.15) is 0 Å². The van der Waals surface area contributed by atoms with Crippen molar-refractivity contribution < 1.29 is 9.84 Å². The van der Waals surface area contributed by atoms with Gasteiger partial charge in [0.2, 0.25) is 0 Å². The van der Waals surface area contributed by atoms with Gasteiger partial charge in [-0.25, -0.2) is 0 Å². The predicted molar refractivity (Wildman–Crippen MR) is 87.7 cm³/mol. The van der Waals surface area contributed by atoms with Crippen molar-refractivity contribution in [3.63, 3.8) is 0 Å². The number of rotatable bonds is 0. The molecule has 1 aliphatic heterocycles. The Hall–Kier alpha value is -2.48. The Kier molecular flexibility index (Phi) is 2.34. The largest absolute Gasteiger partial charge is 0.507 e. The number of phenolic OH excluding ortho intramolecular Hbond substituents is 1. The number of aromatic hydroxyl groups is 1. The van der Waals surface area contributed by atoms with E-state index in [0.29, 0.717) is 5.75 Å². The molecular weight excluding hydrogens is 272 g/mol. The maximum atomic E-state index is 10.5. The first-order chi connectivity index (χ1) is 10.8. The molecule has 0 unspecified atom stereocenters. The third-order valence-electron chi connectivity index (χ3n) is 4.96. The lowest BCUT2D eigenvalue weighted by Gasteiger charge is -2.22. The fourth-order valence-electron chi connectivity index (χ4n) is 3.90. The van der Waals surface area contributed by atoms with E-state index in [-0.39, 0.29) is 0 Å². The number of ether oxygens (including phenoxy) is 1.